The molecule has 0 spiro atoms. The van der Waals surface area contributed by atoms with E-state index in [2.05, 4.69) is 37.4 Å². The summed E-state index contributed by atoms with van der Waals surface area (Å²) in [5, 5.41) is 14.6. The number of aliphatic hydroxyl groups is 1. The van der Waals surface area contributed by atoms with Crippen LogP contribution in [0.1, 0.15) is 88.4 Å². The van der Waals surface area contributed by atoms with Gasteiger partial charge in [0.25, 0.3) is 0 Å². The van der Waals surface area contributed by atoms with Gasteiger partial charge in [-0.25, -0.2) is 0 Å². The highest BCUT2D eigenvalue weighted by Gasteiger charge is 2.34. The van der Waals surface area contributed by atoms with Crippen LogP contribution in [0.5, 0.6) is 0 Å². The molecule has 2 aliphatic rings. The Morgan fingerprint density at radius 1 is 1.12 bits per heavy atom. The topological polar surface area (TPSA) is 32.3 Å². The number of nitrogens with one attached hydrogen (secondary N) is 1. The Labute approximate surface area is 154 Å². The van der Waals surface area contributed by atoms with Crippen LogP contribution in [-0.2, 0) is 12.8 Å². The second kappa shape index (κ2) is 8.22. The molecule has 25 heavy (non-hydrogen) atoms. The summed E-state index contributed by atoms with van der Waals surface area (Å²) in [5.74, 6) is 1.33. The van der Waals surface area contributed by atoms with E-state index in [4.69, 9.17) is 0 Å². The zero-order chi connectivity index (χ0) is 17.9. The van der Waals surface area contributed by atoms with Crippen molar-refractivity contribution in [2.75, 3.05) is 6.54 Å². The highest BCUT2D eigenvalue weighted by Crippen LogP contribution is 2.36. The molecular formula is C23H37NO. The Balaban J connectivity index is 1.55. The normalized spacial score (nSPS) is 27.4. The molecule has 3 rings (SSSR count). The van der Waals surface area contributed by atoms with Gasteiger partial charge in [-0.2, -0.15) is 0 Å². The zero-order valence-electron chi connectivity index (χ0n) is 16.5. The molecule has 2 aliphatic carbocycles. The third kappa shape index (κ3) is 4.65. The minimum Gasteiger partial charge on any atom is -0.389 e. The quantitative estimate of drug-likeness (QED) is 0.745. The fourth-order valence-corrected chi connectivity index (χ4v) is 4.84. The molecule has 140 valence electrons. The molecule has 0 bridgehead atoms. The van der Waals surface area contributed by atoms with Gasteiger partial charge in [-0.05, 0) is 80.9 Å². The molecule has 0 amide bonds. The summed E-state index contributed by atoms with van der Waals surface area (Å²) in [6.07, 6.45) is 11.4. The van der Waals surface area contributed by atoms with Crippen molar-refractivity contribution in [3.05, 3.63) is 34.9 Å². The van der Waals surface area contributed by atoms with Crippen molar-refractivity contribution in [1.29, 1.82) is 0 Å². The summed E-state index contributed by atoms with van der Waals surface area (Å²) in [5.41, 5.74) is 3.86. The van der Waals surface area contributed by atoms with Crippen LogP contribution in [0.2, 0.25) is 0 Å². The molecule has 0 aliphatic heterocycles. The van der Waals surface area contributed by atoms with Crippen molar-refractivity contribution in [2.24, 2.45) is 11.8 Å². The second-order valence-electron chi connectivity index (χ2n) is 8.82. The molecule has 0 saturated heterocycles. The fourth-order valence-electron chi connectivity index (χ4n) is 4.84. The summed E-state index contributed by atoms with van der Waals surface area (Å²) in [7, 11) is 0. The first kappa shape index (κ1) is 18.9. The Morgan fingerprint density at radius 2 is 1.80 bits per heavy atom. The number of hydrogen-bond acceptors (Lipinski definition) is 2. The number of aryl methyl sites for hydroxylation is 2. The average molecular weight is 344 g/mol. The molecule has 1 aromatic carbocycles. The fraction of sp³-hybridized carbons (Fsp3) is 0.739. The van der Waals surface area contributed by atoms with Crippen LogP contribution in [0, 0.1) is 11.8 Å². The molecule has 1 aromatic rings. The second-order valence-corrected chi connectivity index (χ2v) is 8.82. The predicted octanol–water partition coefficient (Wildman–Crippen LogP) is 5.18. The summed E-state index contributed by atoms with van der Waals surface area (Å²) in [4.78, 5) is 0. The zero-order valence-corrected chi connectivity index (χ0v) is 16.5. The van der Waals surface area contributed by atoms with E-state index in [9.17, 15) is 5.11 Å². The van der Waals surface area contributed by atoms with Crippen molar-refractivity contribution in [1.82, 2.24) is 5.32 Å². The number of hydrogen-bond donors (Lipinski definition) is 2. The van der Waals surface area contributed by atoms with Gasteiger partial charge in [-0.3, -0.25) is 0 Å². The van der Waals surface area contributed by atoms with Gasteiger partial charge < -0.3 is 10.4 Å². The van der Waals surface area contributed by atoms with Crippen molar-refractivity contribution in [3.63, 3.8) is 0 Å². The molecule has 1 saturated carbocycles. The maximum atomic E-state index is 11.0. The van der Waals surface area contributed by atoms with Crippen molar-refractivity contribution < 1.29 is 5.11 Å². The van der Waals surface area contributed by atoms with Gasteiger partial charge in [-0.15, -0.1) is 0 Å². The van der Waals surface area contributed by atoms with Gasteiger partial charge in [0, 0.05) is 12.6 Å². The van der Waals surface area contributed by atoms with E-state index in [1.165, 1.54) is 63.4 Å². The van der Waals surface area contributed by atoms with Crippen LogP contribution in [-0.4, -0.2) is 17.3 Å². The molecule has 2 nitrogen and oxygen atoms in total. The predicted molar refractivity (Wildman–Crippen MR) is 106 cm³/mol. The number of rotatable bonds is 6. The standard InChI is InChI=1S/C23H37NO/c1-4-18-9-13-22(14-10-18)23(3,25)16-24-17(2)20-12-11-19-7-5-6-8-21(19)15-20/h11-12,15,17-18,22,24-25H,4-10,13-14,16H2,1-3H3. The van der Waals surface area contributed by atoms with Crippen LogP contribution >= 0.6 is 0 Å². The number of benzene rings is 1. The Bertz CT molecular complexity index is 557. The van der Waals surface area contributed by atoms with Gasteiger partial charge >= 0.3 is 0 Å². The van der Waals surface area contributed by atoms with Gasteiger partial charge in [0.15, 0.2) is 0 Å². The summed E-state index contributed by atoms with van der Waals surface area (Å²) in [6.45, 7) is 7.25. The lowest BCUT2D eigenvalue weighted by molar-refractivity contribution is -0.0228. The minimum atomic E-state index is -0.596. The number of fused-ring (bicyclic) bond motifs is 1. The Kier molecular flexibility index (Phi) is 6.22. The lowest BCUT2D eigenvalue weighted by Gasteiger charge is -2.38. The molecule has 2 heteroatoms. The van der Waals surface area contributed by atoms with E-state index in [1.54, 1.807) is 11.1 Å². The molecular weight excluding hydrogens is 306 g/mol. The first-order chi connectivity index (χ1) is 12.0. The first-order valence-electron chi connectivity index (χ1n) is 10.6. The lowest BCUT2D eigenvalue weighted by atomic mass is 9.73. The van der Waals surface area contributed by atoms with Crippen LogP contribution in [0.4, 0.5) is 0 Å². The molecule has 2 unspecified atom stereocenters. The van der Waals surface area contributed by atoms with E-state index in [0.29, 0.717) is 18.5 Å². The van der Waals surface area contributed by atoms with Crippen molar-refractivity contribution in [2.45, 2.75) is 90.2 Å². The summed E-state index contributed by atoms with van der Waals surface area (Å²) >= 11 is 0. The average Bonchev–Trinajstić information content (AvgIpc) is 2.65. The first-order valence-corrected chi connectivity index (χ1v) is 10.6. The van der Waals surface area contributed by atoms with Crippen LogP contribution < -0.4 is 5.32 Å². The molecule has 2 atom stereocenters. The van der Waals surface area contributed by atoms with E-state index < -0.39 is 5.60 Å². The van der Waals surface area contributed by atoms with E-state index in [-0.39, 0.29) is 0 Å². The third-order valence-corrected chi connectivity index (χ3v) is 6.94. The smallest absolute Gasteiger partial charge is 0.0771 e. The van der Waals surface area contributed by atoms with E-state index >= 15 is 0 Å². The van der Waals surface area contributed by atoms with Crippen LogP contribution in [0.25, 0.3) is 0 Å². The monoisotopic (exact) mass is 343 g/mol. The molecule has 0 aromatic heterocycles. The highest BCUT2D eigenvalue weighted by molar-refractivity contribution is 5.35. The Hall–Kier alpha value is -0.860. The van der Waals surface area contributed by atoms with Crippen molar-refractivity contribution >= 4 is 0 Å². The maximum Gasteiger partial charge on any atom is 0.0771 e. The maximum absolute atomic E-state index is 11.0. The minimum absolute atomic E-state index is 0.297. The molecule has 0 radical (unpaired) electrons. The van der Waals surface area contributed by atoms with Gasteiger partial charge in [0.1, 0.15) is 0 Å². The molecule has 1 fully saturated rings. The SMILES string of the molecule is CCC1CCC(C(C)(O)CNC(C)c2ccc3c(c2)CCCC3)CC1. The molecule has 2 N–H and O–H groups in total. The molecule has 0 heterocycles. The Morgan fingerprint density at radius 3 is 2.48 bits per heavy atom. The largest absolute Gasteiger partial charge is 0.389 e. The van der Waals surface area contributed by atoms with Gasteiger partial charge in [0.2, 0.25) is 0 Å². The van der Waals surface area contributed by atoms with Crippen LogP contribution in [0.15, 0.2) is 18.2 Å². The lowest BCUT2D eigenvalue weighted by Crippen LogP contribution is -2.46. The highest BCUT2D eigenvalue weighted by atomic mass is 16.3. The van der Waals surface area contributed by atoms with Crippen LogP contribution in [0.3, 0.4) is 0 Å². The van der Waals surface area contributed by atoms with E-state index in [0.717, 1.165) is 5.92 Å². The summed E-state index contributed by atoms with van der Waals surface area (Å²) < 4.78 is 0. The van der Waals surface area contributed by atoms with Gasteiger partial charge in [-0.1, -0.05) is 44.4 Å². The van der Waals surface area contributed by atoms with E-state index in [1.807, 2.05) is 6.92 Å². The summed E-state index contributed by atoms with van der Waals surface area (Å²) in [6, 6.07) is 7.30. The third-order valence-electron chi connectivity index (χ3n) is 6.94. The van der Waals surface area contributed by atoms with Crippen molar-refractivity contribution in [3.8, 4) is 0 Å². The van der Waals surface area contributed by atoms with Gasteiger partial charge in [0.05, 0.1) is 5.60 Å².